The molecule has 1 aliphatic rings. The Labute approximate surface area is 109 Å². The average molecular weight is 249 g/mol. The van der Waals surface area contributed by atoms with Crippen molar-refractivity contribution >= 4 is 5.69 Å². The predicted octanol–water partition coefficient (Wildman–Crippen LogP) is 2.60. The van der Waals surface area contributed by atoms with E-state index in [1.165, 1.54) is 0 Å². The highest BCUT2D eigenvalue weighted by Crippen LogP contribution is 2.27. The minimum Gasteiger partial charge on any atom is -0.389 e. The fraction of sp³-hybridized carbons (Fsp3) is 0.600. The van der Waals surface area contributed by atoms with Gasteiger partial charge in [-0.1, -0.05) is 18.2 Å². The van der Waals surface area contributed by atoms with Crippen molar-refractivity contribution in [1.82, 2.24) is 0 Å². The molecule has 0 spiro atoms. The normalized spacial score (nSPS) is 18.6. The summed E-state index contributed by atoms with van der Waals surface area (Å²) in [7, 11) is 2.11. The molecule has 0 aromatic heterocycles. The Kier molecular flexibility index (Phi) is 4.61. The smallest absolute Gasteiger partial charge is 0.0781 e. The summed E-state index contributed by atoms with van der Waals surface area (Å²) < 4.78 is 5.39. The van der Waals surface area contributed by atoms with Gasteiger partial charge in [0.15, 0.2) is 0 Å². The Bertz CT molecular complexity index is 373. The average Bonchev–Trinajstić information content (AvgIpc) is 2.40. The van der Waals surface area contributed by atoms with E-state index in [1.54, 1.807) is 0 Å². The van der Waals surface area contributed by atoms with Crippen LogP contribution in [0.15, 0.2) is 24.3 Å². The van der Waals surface area contributed by atoms with Crippen LogP contribution >= 0.6 is 0 Å². The van der Waals surface area contributed by atoms with E-state index in [0.717, 1.165) is 43.9 Å². The number of rotatable bonds is 4. The van der Waals surface area contributed by atoms with Gasteiger partial charge in [-0.15, -0.1) is 0 Å². The van der Waals surface area contributed by atoms with Gasteiger partial charge in [0.25, 0.3) is 0 Å². The van der Waals surface area contributed by atoms with Crippen molar-refractivity contribution in [2.75, 3.05) is 31.7 Å². The molecule has 100 valence electrons. The van der Waals surface area contributed by atoms with Crippen LogP contribution in [0.5, 0.6) is 0 Å². The number of hydrogen-bond donors (Lipinski definition) is 1. The van der Waals surface area contributed by atoms with Crippen molar-refractivity contribution in [3.63, 3.8) is 0 Å². The van der Waals surface area contributed by atoms with E-state index in [9.17, 15) is 5.11 Å². The lowest BCUT2D eigenvalue weighted by atomic mass is 9.99. The Morgan fingerprint density at radius 1 is 1.33 bits per heavy atom. The van der Waals surface area contributed by atoms with Gasteiger partial charge < -0.3 is 14.7 Å². The third-order valence-corrected chi connectivity index (χ3v) is 3.67. The summed E-state index contributed by atoms with van der Waals surface area (Å²) in [6.45, 7) is 4.63. The van der Waals surface area contributed by atoms with Gasteiger partial charge >= 0.3 is 0 Å². The molecule has 1 atom stereocenters. The molecule has 1 N–H and O–H groups in total. The number of hydrogen-bond acceptors (Lipinski definition) is 3. The van der Waals surface area contributed by atoms with Crippen LogP contribution < -0.4 is 4.90 Å². The summed E-state index contributed by atoms with van der Waals surface area (Å²) in [4.78, 5) is 2.26. The Morgan fingerprint density at radius 2 is 2.00 bits per heavy atom. The molecule has 0 aliphatic carbocycles. The molecule has 0 bridgehead atoms. The second-order valence-corrected chi connectivity index (χ2v) is 5.17. The maximum Gasteiger partial charge on any atom is 0.0781 e. The first-order valence-corrected chi connectivity index (χ1v) is 6.74. The van der Waals surface area contributed by atoms with Gasteiger partial charge in [0.2, 0.25) is 0 Å². The van der Waals surface area contributed by atoms with Gasteiger partial charge in [-0.05, 0) is 31.7 Å². The zero-order valence-corrected chi connectivity index (χ0v) is 11.3. The van der Waals surface area contributed by atoms with E-state index in [4.69, 9.17) is 4.74 Å². The molecule has 0 unspecified atom stereocenters. The van der Waals surface area contributed by atoms with Crippen LogP contribution in [0.25, 0.3) is 0 Å². The SMILES string of the molecule is C[C@H](O)c1ccccc1N(C)CC1CCOCC1. The van der Waals surface area contributed by atoms with Crippen LogP contribution in [0, 0.1) is 5.92 Å². The molecule has 0 radical (unpaired) electrons. The Morgan fingerprint density at radius 3 is 2.67 bits per heavy atom. The number of anilines is 1. The van der Waals surface area contributed by atoms with Gasteiger partial charge in [-0.25, -0.2) is 0 Å². The van der Waals surface area contributed by atoms with E-state index >= 15 is 0 Å². The second kappa shape index (κ2) is 6.21. The first-order valence-electron chi connectivity index (χ1n) is 6.74. The van der Waals surface area contributed by atoms with Gasteiger partial charge in [0.05, 0.1) is 6.10 Å². The van der Waals surface area contributed by atoms with Crippen LogP contribution in [0.2, 0.25) is 0 Å². The minimum atomic E-state index is -0.418. The quantitative estimate of drug-likeness (QED) is 0.890. The molecule has 1 aliphatic heterocycles. The van der Waals surface area contributed by atoms with E-state index in [0.29, 0.717) is 5.92 Å². The van der Waals surface area contributed by atoms with Crippen LogP contribution in [0.3, 0.4) is 0 Å². The summed E-state index contributed by atoms with van der Waals surface area (Å²) in [5.74, 6) is 0.700. The van der Waals surface area contributed by atoms with Crippen molar-refractivity contribution < 1.29 is 9.84 Å². The topological polar surface area (TPSA) is 32.7 Å². The monoisotopic (exact) mass is 249 g/mol. The molecule has 3 nitrogen and oxygen atoms in total. The maximum absolute atomic E-state index is 9.81. The number of aliphatic hydroxyl groups excluding tert-OH is 1. The van der Waals surface area contributed by atoms with Crippen molar-refractivity contribution in [2.45, 2.75) is 25.9 Å². The van der Waals surface area contributed by atoms with E-state index in [2.05, 4.69) is 18.0 Å². The summed E-state index contributed by atoms with van der Waals surface area (Å²) in [5.41, 5.74) is 2.14. The summed E-state index contributed by atoms with van der Waals surface area (Å²) in [6.07, 6.45) is 1.86. The van der Waals surface area contributed by atoms with Crippen molar-refractivity contribution in [3.05, 3.63) is 29.8 Å². The molecule has 2 rings (SSSR count). The fourth-order valence-electron chi connectivity index (χ4n) is 2.60. The second-order valence-electron chi connectivity index (χ2n) is 5.17. The van der Waals surface area contributed by atoms with Gasteiger partial charge in [-0.2, -0.15) is 0 Å². The molecule has 1 aromatic carbocycles. The zero-order chi connectivity index (χ0) is 13.0. The van der Waals surface area contributed by atoms with E-state index in [1.807, 2.05) is 25.1 Å². The lowest BCUT2D eigenvalue weighted by Crippen LogP contribution is -2.30. The van der Waals surface area contributed by atoms with Crippen LogP contribution in [0.1, 0.15) is 31.4 Å². The number of ether oxygens (including phenoxy) is 1. The first kappa shape index (κ1) is 13.4. The third-order valence-electron chi connectivity index (χ3n) is 3.67. The zero-order valence-electron chi connectivity index (χ0n) is 11.3. The molecule has 1 heterocycles. The predicted molar refractivity (Wildman–Crippen MR) is 73.9 cm³/mol. The van der Waals surface area contributed by atoms with Gasteiger partial charge in [-0.3, -0.25) is 0 Å². The van der Waals surface area contributed by atoms with Crippen molar-refractivity contribution in [3.8, 4) is 0 Å². The van der Waals surface area contributed by atoms with Gasteiger partial charge in [0, 0.05) is 38.1 Å². The fourth-order valence-corrected chi connectivity index (χ4v) is 2.60. The largest absolute Gasteiger partial charge is 0.389 e. The van der Waals surface area contributed by atoms with Gasteiger partial charge in [0.1, 0.15) is 0 Å². The summed E-state index contributed by atoms with van der Waals surface area (Å²) in [6, 6.07) is 8.09. The van der Waals surface area contributed by atoms with E-state index < -0.39 is 6.10 Å². The van der Waals surface area contributed by atoms with E-state index in [-0.39, 0.29) is 0 Å². The first-order chi connectivity index (χ1) is 8.68. The number of benzene rings is 1. The summed E-state index contributed by atoms with van der Waals surface area (Å²) >= 11 is 0. The molecule has 0 saturated carbocycles. The molecular weight excluding hydrogens is 226 g/mol. The van der Waals surface area contributed by atoms with Crippen LogP contribution in [-0.4, -0.2) is 31.9 Å². The lowest BCUT2D eigenvalue weighted by Gasteiger charge is -2.30. The number of aliphatic hydroxyl groups is 1. The number of para-hydroxylation sites is 1. The van der Waals surface area contributed by atoms with Crippen molar-refractivity contribution in [1.29, 1.82) is 0 Å². The van der Waals surface area contributed by atoms with Crippen LogP contribution in [0.4, 0.5) is 5.69 Å². The molecule has 1 fully saturated rings. The minimum absolute atomic E-state index is 0.418. The highest BCUT2D eigenvalue weighted by Gasteiger charge is 2.18. The van der Waals surface area contributed by atoms with Crippen molar-refractivity contribution in [2.24, 2.45) is 5.92 Å². The Balaban J connectivity index is 2.05. The molecule has 18 heavy (non-hydrogen) atoms. The maximum atomic E-state index is 9.81. The highest BCUT2D eigenvalue weighted by molar-refractivity contribution is 5.53. The summed E-state index contributed by atoms with van der Waals surface area (Å²) in [5, 5.41) is 9.81. The Hall–Kier alpha value is -1.06. The molecule has 1 saturated heterocycles. The number of nitrogens with zero attached hydrogens (tertiary/aromatic N) is 1. The standard InChI is InChI=1S/C15H23NO2/c1-12(17)14-5-3-4-6-15(14)16(2)11-13-7-9-18-10-8-13/h3-6,12-13,17H,7-11H2,1-2H3/t12-/m0/s1. The van der Waals surface area contributed by atoms with Crippen LogP contribution in [-0.2, 0) is 4.74 Å². The molecule has 1 aromatic rings. The highest BCUT2D eigenvalue weighted by atomic mass is 16.5. The lowest BCUT2D eigenvalue weighted by molar-refractivity contribution is 0.0685. The molecular formula is C15H23NO2. The third kappa shape index (κ3) is 3.24. The molecule has 0 amide bonds. The molecule has 3 heteroatoms.